The quantitative estimate of drug-likeness (QED) is 0.570. The number of rotatable bonds is 2. The summed E-state index contributed by atoms with van der Waals surface area (Å²) in [4.78, 5) is 12.8. The number of amides is 1. The molecule has 1 aliphatic heterocycles. The minimum atomic E-state index is -0.160. The van der Waals surface area contributed by atoms with Gasteiger partial charge in [0.2, 0.25) is 5.91 Å². The summed E-state index contributed by atoms with van der Waals surface area (Å²) < 4.78 is 0. The van der Waals surface area contributed by atoms with Crippen LogP contribution >= 0.6 is 0 Å². The molecular formula is C8H11N3O. The molecule has 0 aromatic rings. The van der Waals surface area contributed by atoms with Gasteiger partial charge in [-0.3, -0.25) is 10.2 Å². The van der Waals surface area contributed by atoms with Crippen LogP contribution in [-0.4, -0.2) is 29.7 Å². The van der Waals surface area contributed by atoms with Gasteiger partial charge < -0.3 is 10.2 Å². The molecule has 0 saturated carbocycles. The average molecular weight is 165 g/mol. The topological polar surface area (TPSA) is 56.2 Å². The van der Waals surface area contributed by atoms with E-state index in [2.05, 4.69) is 11.9 Å². The lowest BCUT2D eigenvalue weighted by atomic mass is 10.5. The lowest BCUT2D eigenvalue weighted by molar-refractivity contribution is -0.120. The molecule has 0 fully saturated rings. The Kier molecular flexibility index (Phi) is 2.63. The lowest BCUT2D eigenvalue weighted by Gasteiger charge is -2.14. The highest BCUT2D eigenvalue weighted by atomic mass is 16.2. The zero-order valence-electron chi connectivity index (χ0n) is 6.71. The molecule has 0 saturated heterocycles. The van der Waals surface area contributed by atoms with Gasteiger partial charge in [-0.25, -0.2) is 0 Å². The number of nitrogens with zero attached hydrogens (tertiary/aromatic N) is 1. The van der Waals surface area contributed by atoms with Crippen LogP contribution in [-0.2, 0) is 4.79 Å². The fraction of sp³-hybridized carbons (Fsp3) is 0.250. The Morgan fingerprint density at radius 2 is 2.58 bits per heavy atom. The van der Waals surface area contributed by atoms with Gasteiger partial charge in [0.15, 0.2) is 0 Å². The third-order valence-electron chi connectivity index (χ3n) is 1.44. The van der Waals surface area contributed by atoms with Gasteiger partial charge >= 0.3 is 0 Å². The molecule has 0 aromatic carbocycles. The van der Waals surface area contributed by atoms with Crippen molar-refractivity contribution in [1.29, 1.82) is 5.41 Å². The fourth-order valence-corrected chi connectivity index (χ4v) is 0.940. The summed E-state index contributed by atoms with van der Waals surface area (Å²) in [5.41, 5.74) is 0. The Bertz CT molecular complexity index is 245. The zero-order chi connectivity index (χ0) is 8.97. The summed E-state index contributed by atoms with van der Waals surface area (Å²) in [5, 5.41) is 9.62. The van der Waals surface area contributed by atoms with E-state index in [-0.39, 0.29) is 18.3 Å². The highest BCUT2D eigenvalue weighted by molar-refractivity contribution is 6.03. The summed E-state index contributed by atoms with van der Waals surface area (Å²) >= 11 is 0. The molecule has 0 aliphatic carbocycles. The van der Waals surface area contributed by atoms with Crippen molar-refractivity contribution >= 4 is 11.7 Å². The molecule has 0 radical (unpaired) electrons. The Labute approximate surface area is 71.1 Å². The predicted molar refractivity (Wildman–Crippen MR) is 46.8 cm³/mol. The summed E-state index contributed by atoms with van der Waals surface area (Å²) in [6, 6.07) is 0. The minimum absolute atomic E-state index is 0.131. The van der Waals surface area contributed by atoms with Crippen molar-refractivity contribution in [3.63, 3.8) is 0 Å². The number of carbonyl (C=O) groups excluding carboxylic acids is 1. The van der Waals surface area contributed by atoms with Crippen molar-refractivity contribution in [2.24, 2.45) is 0 Å². The Morgan fingerprint density at radius 1 is 1.83 bits per heavy atom. The van der Waals surface area contributed by atoms with Gasteiger partial charge in [-0.2, -0.15) is 0 Å². The van der Waals surface area contributed by atoms with Crippen LogP contribution in [0.25, 0.3) is 0 Å². The predicted octanol–water partition coefficient (Wildman–Crippen LogP) is 0.0952. The molecule has 2 N–H and O–H groups in total. The molecule has 1 amide bonds. The summed E-state index contributed by atoms with van der Waals surface area (Å²) in [5.74, 6) is -0.0292. The Morgan fingerprint density at radius 3 is 3.25 bits per heavy atom. The van der Waals surface area contributed by atoms with Gasteiger partial charge in [0.1, 0.15) is 5.84 Å². The molecule has 4 nitrogen and oxygen atoms in total. The van der Waals surface area contributed by atoms with Crippen LogP contribution in [0.15, 0.2) is 24.9 Å². The maximum Gasteiger partial charge on any atom is 0.245 e. The van der Waals surface area contributed by atoms with Gasteiger partial charge in [0, 0.05) is 12.7 Å². The van der Waals surface area contributed by atoms with Crippen molar-refractivity contribution in [1.82, 2.24) is 10.2 Å². The number of carbonyl (C=O) groups is 1. The third kappa shape index (κ3) is 2.23. The summed E-state index contributed by atoms with van der Waals surface area (Å²) in [6.07, 6.45) is 4.98. The zero-order valence-corrected chi connectivity index (χ0v) is 6.71. The number of nitrogens with one attached hydrogen (secondary N) is 2. The molecule has 0 spiro atoms. The van der Waals surface area contributed by atoms with E-state index in [0.717, 1.165) is 0 Å². The van der Waals surface area contributed by atoms with Gasteiger partial charge in [-0.05, 0) is 6.08 Å². The van der Waals surface area contributed by atoms with E-state index in [4.69, 9.17) is 5.41 Å². The van der Waals surface area contributed by atoms with Crippen LogP contribution in [0.2, 0.25) is 0 Å². The van der Waals surface area contributed by atoms with E-state index in [9.17, 15) is 4.79 Å². The second-order valence-corrected chi connectivity index (χ2v) is 2.50. The maximum absolute atomic E-state index is 11.0. The first-order chi connectivity index (χ1) is 5.72. The molecule has 64 valence electrons. The lowest BCUT2D eigenvalue weighted by Crippen LogP contribution is -2.34. The molecule has 0 aromatic heterocycles. The Hall–Kier alpha value is -1.58. The van der Waals surface area contributed by atoms with Crippen LogP contribution < -0.4 is 5.32 Å². The van der Waals surface area contributed by atoms with Crippen LogP contribution in [0.4, 0.5) is 0 Å². The van der Waals surface area contributed by atoms with Gasteiger partial charge in [-0.1, -0.05) is 6.08 Å². The second-order valence-electron chi connectivity index (χ2n) is 2.50. The smallest absolute Gasteiger partial charge is 0.245 e. The van der Waals surface area contributed by atoms with E-state index < -0.39 is 0 Å². The standard InChI is InChI=1S/C8H11N3O/c1-2-4-11-5-3-7(9)10-8(12)6-11/h2-3,5H,1,4,6H2,(H2,9,10,12). The minimum Gasteiger partial charge on any atom is -0.364 e. The largest absolute Gasteiger partial charge is 0.364 e. The van der Waals surface area contributed by atoms with Crippen molar-refractivity contribution in [3.8, 4) is 0 Å². The van der Waals surface area contributed by atoms with E-state index in [1.54, 1.807) is 23.3 Å². The number of amidine groups is 1. The van der Waals surface area contributed by atoms with Crippen molar-refractivity contribution in [2.75, 3.05) is 13.1 Å². The van der Waals surface area contributed by atoms with Crippen molar-refractivity contribution < 1.29 is 4.79 Å². The van der Waals surface area contributed by atoms with Crippen LogP contribution in [0.5, 0.6) is 0 Å². The summed E-state index contributed by atoms with van der Waals surface area (Å²) in [7, 11) is 0. The molecular weight excluding hydrogens is 154 g/mol. The van der Waals surface area contributed by atoms with Gasteiger partial charge in [0.25, 0.3) is 0 Å². The number of hydrogen-bond acceptors (Lipinski definition) is 3. The highest BCUT2D eigenvalue weighted by Gasteiger charge is 2.10. The second kappa shape index (κ2) is 3.71. The third-order valence-corrected chi connectivity index (χ3v) is 1.44. The van der Waals surface area contributed by atoms with Crippen LogP contribution in [0.1, 0.15) is 0 Å². The molecule has 1 rings (SSSR count). The molecule has 0 bridgehead atoms. The average Bonchev–Trinajstić information content (AvgIpc) is 2.13. The summed E-state index contributed by atoms with van der Waals surface area (Å²) in [6.45, 7) is 4.47. The maximum atomic E-state index is 11.0. The normalized spacial score (nSPS) is 17.2. The van der Waals surface area contributed by atoms with Crippen molar-refractivity contribution in [2.45, 2.75) is 0 Å². The molecule has 4 heteroatoms. The van der Waals surface area contributed by atoms with E-state index in [0.29, 0.717) is 6.54 Å². The first-order valence-corrected chi connectivity index (χ1v) is 3.64. The molecule has 1 heterocycles. The number of hydrogen-bond donors (Lipinski definition) is 2. The SMILES string of the molecule is C=CCN1C=CC(=N)NC(=O)C1. The van der Waals surface area contributed by atoms with E-state index in [1.165, 1.54) is 0 Å². The van der Waals surface area contributed by atoms with Gasteiger partial charge in [0.05, 0.1) is 6.54 Å². The highest BCUT2D eigenvalue weighted by Crippen LogP contribution is 1.94. The molecule has 0 atom stereocenters. The Balaban J connectivity index is 2.65. The van der Waals surface area contributed by atoms with Crippen LogP contribution in [0.3, 0.4) is 0 Å². The first-order valence-electron chi connectivity index (χ1n) is 3.64. The van der Waals surface area contributed by atoms with Gasteiger partial charge in [-0.15, -0.1) is 6.58 Å². The molecule has 0 unspecified atom stereocenters. The fourth-order valence-electron chi connectivity index (χ4n) is 0.940. The molecule has 1 aliphatic rings. The molecule has 12 heavy (non-hydrogen) atoms. The van der Waals surface area contributed by atoms with E-state index in [1.807, 2.05) is 0 Å². The van der Waals surface area contributed by atoms with Crippen molar-refractivity contribution in [3.05, 3.63) is 24.9 Å². The first kappa shape index (κ1) is 8.52. The monoisotopic (exact) mass is 165 g/mol. The van der Waals surface area contributed by atoms with Crippen LogP contribution in [0, 0.1) is 5.41 Å². The van der Waals surface area contributed by atoms with E-state index >= 15 is 0 Å².